The van der Waals surface area contributed by atoms with E-state index < -0.39 is 0 Å². The molecule has 1 aliphatic carbocycles. The number of tetrazole rings is 1. The van der Waals surface area contributed by atoms with Crippen molar-refractivity contribution in [2.75, 3.05) is 18.0 Å². The van der Waals surface area contributed by atoms with Crippen molar-refractivity contribution < 1.29 is 4.79 Å². The Bertz CT molecular complexity index is 1140. The van der Waals surface area contributed by atoms with E-state index in [1.165, 1.54) is 23.9 Å². The van der Waals surface area contributed by atoms with Crippen molar-refractivity contribution in [3.8, 4) is 0 Å². The number of fused-ring (bicyclic) bond motifs is 1. The van der Waals surface area contributed by atoms with Crippen LogP contribution in [0.1, 0.15) is 55.3 Å². The summed E-state index contributed by atoms with van der Waals surface area (Å²) >= 11 is 0. The molecule has 3 aromatic heterocycles. The number of hydrogen-bond donors (Lipinski definition) is 0. The third kappa shape index (κ3) is 4.22. The van der Waals surface area contributed by atoms with Crippen molar-refractivity contribution in [3.05, 3.63) is 41.5 Å². The van der Waals surface area contributed by atoms with E-state index in [-0.39, 0.29) is 11.8 Å². The van der Waals surface area contributed by atoms with Crippen molar-refractivity contribution >= 4 is 17.4 Å². The summed E-state index contributed by atoms with van der Waals surface area (Å²) in [5.74, 6) is 0.973. The highest BCUT2D eigenvalue weighted by Crippen LogP contribution is 2.23. The van der Waals surface area contributed by atoms with Crippen LogP contribution in [0, 0.1) is 12.8 Å². The van der Waals surface area contributed by atoms with E-state index in [1.807, 2.05) is 30.5 Å². The van der Waals surface area contributed by atoms with Gasteiger partial charge in [0.25, 0.3) is 0 Å². The van der Waals surface area contributed by atoms with Gasteiger partial charge in [-0.15, -0.1) is 14.8 Å². The van der Waals surface area contributed by atoms with E-state index in [1.54, 1.807) is 4.57 Å². The maximum absolute atomic E-state index is 13.4. The number of rotatable bonds is 3. The van der Waals surface area contributed by atoms with Crippen LogP contribution < -0.4 is 10.4 Å². The first kappa shape index (κ1) is 19.8. The monoisotopic (exact) mass is 420 g/mol. The van der Waals surface area contributed by atoms with E-state index in [0.29, 0.717) is 11.7 Å². The Morgan fingerprint density at radius 1 is 1.06 bits per heavy atom. The van der Waals surface area contributed by atoms with E-state index >= 15 is 0 Å². The standard InChI is InChI=1S/C22H28N8O/c1-16-9-14-29(21(15-16)23-18-5-3-2-4-6-18)22(31)17-10-12-28(13-11-17)20-8-7-19-24-26-27-30(19)25-20/h7-9,14-15,17-18H,2-6,10-13H2,1H3. The largest absolute Gasteiger partial charge is 0.355 e. The molecule has 2 fully saturated rings. The predicted molar refractivity (Wildman–Crippen MR) is 116 cm³/mol. The topological polar surface area (TPSA) is 93.6 Å². The Kier molecular flexibility index (Phi) is 5.48. The summed E-state index contributed by atoms with van der Waals surface area (Å²) < 4.78 is 3.22. The van der Waals surface area contributed by atoms with Gasteiger partial charge >= 0.3 is 0 Å². The number of hydrogen-bond acceptors (Lipinski definition) is 7. The van der Waals surface area contributed by atoms with Gasteiger partial charge in [0, 0.05) is 25.2 Å². The molecule has 1 saturated heterocycles. The van der Waals surface area contributed by atoms with Crippen molar-refractivity contribution in [1.82, 2.24) is 29.8 Å². The summed E-state index contributed by atoms with van der Waals surface area (Å²) in [6.45, 7) is 3.61. The van der Waals surface area contributed by atoms with Crippen molar-refractivity contribution in [2.45, 2.75) is 57.9 Å². The van der Waals surface area contributed by atoms with Crippen molar-refractivity contribution in [3.63, 3.8) is 0 Å². The Morgan fingerprint density at radius 3 is 2.68 bits per heavy atom. The second kappa shape index (κ2) is 8.56. The van der Waals surface area contributed by atoms with Gasteiger partial charge in [0.15, 0.2) is 11.5 Å². The summed E-state index contributed by atoms with van der Waals surface area (Å²) in [6, 6.07) is 8.18. The Balaban J connectivity index is 1.31. The van der Waals surface area contributed by atoms with Gasteiger partial charge in [-0.3, -0.25) is 14.4 Å². The lowest BCUT2D eigenvalue weighted by Gasteiger charge is -2.32. The minimum absolute atomic E-state index is 0.0129. The number of carbonyl (C=O) groups is 1. The van der Waals surface area contributed by atoms with E-state index in [2.05, 4.69) is 32.4 Å². The molecule has 0 amide bonds. The first-order valence-electron chi connectivity index (χ1n) is 11.2. The van der Waals surface area contributed by atoms with Crippen LogP contribution in [0.25, 0.3) is 5.65 Å². The zero-order chi connectivity index (χ0) is 21.2. The number of aromatic nitrogens is 6. The fraction of sp³-hybridized carbons (Fsp3) is 0.545. The van der Waals surface area contributed by atoms with Gasteiger partial charge < -0.3 is 4.90 Å². The van der Waals surface area contributed by atoms with Crippen LogP contribution >= 0.6 is 0 Å². The molecular formula is C22H28N8O. The van der Waals surface area contributed by atoms with Gasteiger partial charge in [0.2, 0.25) is 5.91 Å². The van der Waals surface area contributed by atoms with Crippen LogP contribution in [0.15, 0.2) is 35.5 Å². The second-order valence-electron chi connectivity index (χ2n) is 8.67. The molecule has 0 bridgehead atoms. The average molecular weight is 421 g/mol. The molecule has 4 heterocycles. The lowest BCUT2D eigenvalue weighted by molar-refractivity contribution is 0.0806. The molecule has 9 heteroatoms. The zero-order valence-electron chi connectivity index (χ0n) is 17.9. The third-order valence-electron chi connectivity index (χ3n) is 6.44. The molecule has 1 saturated carbocycles. The molecule has 0 aromatic carbocycles. The van der Waals surface area contributed by atoms with E-state index in [9.17, 15) is 4.79 Å². The lowest BCUT2D eigenvalue weighted by atomic mass is 9.95. The minimum Gasteiger partial charge on any atom is -0.355 e. The number of piperidine rings is 1. The molecule has 0 radical (unpaired) electrons. The van der Waals surface area contributed by atoms with Crippen molar-refractivity contribution in [2.24, 2.45) is 10.9 Å². The molecule has 0 unspecified atom stereocenters. The number of anilines is 1. The van der Waals surface area contributed by atoms with Crippen LogP contribution in [0.2, 0.25) is 0 Å². The highest BCUT2D eigenvalue weighted by molar-refractivity contribution is 5.81. The van der Waals surface area contributed by atoms with E-state index in [4.69, 9.17) is 4.99 Å². The number of pyridine rings is 1. The van der Waals surface area contributed by atoms with Gasteiger partial charge in [0.1, 0.15) is 5.49 Å². The van der Waals surface area contributed by atoms with Crippen LogP contribution in [0.5, 0.6) is 0 Å². The molecule has 9 nitrogen and oxygen atoms in total. The Hall–Kier alpha value is -3.10. The lowest BCUT2D eigenvalue weighted by Crippen LogP contribution is -2.41. The minimum atomic E-state index is -0.0129. The third-order valence-corrected chi connectivity index (χ3v) is 6.44. The number of carbonyl (C=O) groups excluding carboxylic acids is 1. The number of aryl methyl sites for hydroxylation is 1. The molecule has 5 rings (SSSR count). The molecule has 31 heavy (non-hydrogen) atoms. The molecule has 0 spiro atoms. The van der Waals surface area contributed by atoms with Crippen LogP contribution in [-0.2, 0) is 0 Å². The smallest absolute Gasteiger partial charge is 0.235 e. The molecule has 162 valence electrons. The van der Waals surface area contributed by atoms with Gasteiger partial charge in [-0.05, 0) is 72.9 Å². The molecule has 1 aliphatic heterocycles. The predicted octanol–water partition coefficient (Wildman–Crippen LogP) is 2.42. The summed E-state index contributed by atoms with van der Waals surface area (Å²) in [4.78, 5) is 20.6. The van der Waals surface area contributed by atoms with Crippen LogP contribution in [0.4, 0.5) is 5.82 Å². The normalized spacial score (nSPS) is 19.3. The maximum atomic E-state index is 13.4. The summed E-state index contributed by atoms with van der Waals surface area (Å²) in [5.41, 5.74) is 2.57. The highest BCUT2D eigenvalue weighted by atomic mass is 16.2. The van der Waals surface area contributed by atoms with Crippen molar-refractivity contribution in [1.29, 1.82) is 0 Å². The Labute approximate surface area is 180 Å². The van der Waals surface area contributed by atoms with Gasteiger partial charge in [0.05, 0.1) is 6.04 Å². The summed E-state index contributed by atoms with van der Waals surface area (Å²) in [7, 11) is 0. The Morgan fingerprint density at radius 2 is 1.87 bits per heavy atom. The van der Waals surface area contributed by atoms with Crippen LogP contribution in [-0.4, -0.2) is 54.9 Å². The number of nitrogens with zero attached hydrogens (tertiary/aromatic N) is 8. The quantitative estimate of drug-likeness (QED) is 0.646. The molecule has 3 aromatic rings. The highest BCUT2D eigenvalue weighted by Gasteiger charge is 2.27. The van der Waals surface area contributed by atoms with E-state index in [0.717, 1.165) is 55.6 Å². The fourth-order valence-corrected chi connectivity index (χ4v) is 4.63. The summed E-state index contributed by atoms with van der Waals surface area (Å²) in [5, 5.41) is 15.9. The first-order chi connectivity index (χ1) is 15.2. The molecular weight excluding hydrogens is 392 g/mol. The summed E-state index contributed by atoms with van der Waals surface area (Å²) in [6.07, 6.45) is 9.49. The van der Waals surface area contributed by atoms with Gasteiger partial charge in [-0.25, -0.2) is 0 Å². The maximum Gasteiger partial charge on any atom is 0.235 e. The van der Waals surface area contributed by atoms with Gasteiger partial charge in [-0.1, -0.05) is 19.3 Å². The zero-order valence-corrected chi connectivity index (χ0v) is 17.9. The van der Waals surface area contributed by atoms with Gasteiger partial charge in [-0.2, -0.15) is 0 Å². The first-order valence-corrected chi connectivity index (χ1v) is 11.2. The van der Waals surface area contributed by atoms with Crippen LogP contribution in [0.3, 0.4) is 0 Å². The SMILES string of the molecule is Cc1ccn(C(=O)C2CCN(c3ccc4nnnn4n3)CC2)c(=NC2CCCCC2)c1. The molecule has 2 aliphatic rings. The molecule has 0 atom stereocenters. The average Bonchev–Trinajstić information content (AvgIpc) is 3.28. The second-order valence-corrected chi connectivity index (χ2v) is 8.67. The molecule has 0 N–H and O–H groups in total. The fourth-order valence-electron chi connectivity index (χ4n) is 4.63.